The molecule has 106 valence electrons. The first-order valence-corrected chi connectivity index (χ1v) is 6.46. The minimum atomic E-state index is -0.983. The first-order chi connectivity index (χ1) is 10.1. The van der Waals surface area contributed by atoms with E-state index in [-0.39, 0.29) is 5.56 Å². The Morgan fingerprint density at radius 1 is 1.33 bits per heavy atom. The minimum absolute atomic E-state index is 0.189. The second-order valence-corrected chi connectivity index (χ2v) is 4.77. The number of aryl methyl sites for hydroxylation is 1. The molecule has 0 unspecified atom stereocenters. The Hall–Kier alpha value is -2.82. The lowest BCUT2D eigenvalue weighted by atomic mass is 10.1. The van der Waals surface area contributed by atoms with Gasteiger partial charge in [0, 0.05) is 18.0 Å². The first kappa shape index (κ1) is 13.2. The van der Waals surface area contributed by atoms with E-state index in [1.807, 2.05) is 31.3 Å². The van der Waals surface area contributed by atoms with Gasteiger partial charge in [-0.05, 0) is 42.8 Å². The smallest absolute Gasteiger partial charge is 0.339 e. The number of ether oxygens (including phenoxy) is 1. The van der Waals surface area contributed by atoms with E-state index < -0.39 is 5.97 Å². The van der Waals surface area contributed by atoms with Crippen LogP contribution in [-0.4, -0.2) is 27.6 Å². The van der Waals surface area contributed by atoms with Crippen molar-refractivity contribution in [2.24, 2.45) is 0 Å². The molecule has 21 heavy (non-hydrogen) atoms. The summed E-state index contributed by atoms with van der Waals surface area (Å²) in [4.78, 5) is 15.7. The van der Waals surface area contributed by atoms with Crippen molar-refractivity contribution in [3.05, 3.63) is 53.9 Å². The van der Waals surface area contributed by atoms with Crippen LogP contribution in [0.15, 0.2) is 42.7 Å². The number of aromatic carboxylic acids is 1. The SMILES string of the molecule is COc1ccc(-c2cn3cccc(C(=O)O)c3n2)cc1C. The zero-order valence-corrected chi connectivity index (χ0v) is 11.7. The molecule has 0 aliphatic carbocycles. The molecule has 2 aromatic heterocycles. The Morgan fingerprint density at radius 3 is 2.81 bits per heavy atom. The quantitative estimate of drug-likeness (QED) is 0.802. The molecule has 0 spiro atoms. The molecule has 0 amide bonds. The zero-order valence-electron chi connectivity index (χ0n) is 11.7. The predicted octanol–water partition coefficient (Wildman–Crippen LogP) is 3.02. The van der Waals surface area contributed by atoms with Crippen LogP contribution in [0, 0.1) is 6.92 Å². The number of nitrogens with zero attached hydrogens (tertiary/aromatic N) is 2. The largest absolute Gasteiger partial charge is 0.496 e. The van der Waals surface area contributed by atoms with Crippen molar-refractivity contribution in [1.82, 2.24) is 9.38 Å². The highest BCUT2D eigenvalue weighted by Gasteiger charge is 2.13. The average molecular weight is 282 g/mol. The Kier molecular flexibility index (Phi) is 3.10. The van der Waals surface area contributed by atoms with Gasteiger partial charge in [0.05, 0.1) is 12.8 Å². The molecule has 2 heterocycles. The van der Waals surface area contributed by atoms with E-state index in [9.17, 15) is 9.90 Å². The van der Waals surface area contributed by atoms with Crippen LogP contribution in [0.2, 0.25) is 0 Å². The summed E-state index contributed by atoms with van der Waals surface area (Å²) in [6.45, 7) is 1.96. The Morgan fingerprint density at radius 2 is 2.14 bits per heavy atom. The van der Waals surface area contributed by atoms with Gasteiger partial charge in [-0.15, -0.1) is 0 Å². The number of carboxylic acids is 1. The van der Waals surface area contributed by atoms with Gasteiger partial charge in [-0.3, -0.25) is 0 Å². The van der Waals surface area contributed by atoms with Crippen LogP contribution in [0.3, 0.4) is 0 Å². The summed E-state index contributed by atoms with van der Waals surface area (Å²) in [5.74, 6) is -0.169. The highest BCUT2D eigenvalue weighted by atomic mass is 16.5. The van der Waals surface area contributed by atoms with Crippen molar-refractivity contribution < 1.29 is 14.6 Å². The Labute approximate surface area is 121 Å². The van der Waals surface area contributed by atoms with E-state index in [4.69, 9.17) is 4.74 Å². The molecule has 5 nitrogen and oxygen atoms in total. The maximum absolute atomic E-state index is 11.2. The summed E-state index contributed by atoms with van der Waals surface area (Å²) in [5.41, 5.74) is 3.29. The van der Waals surface area contributed by atoms with E-state index in [0.29, 0.717) is 5.65 Å². The van der Waals surface area contributed by atoms with Gasteiger partial charge in [-0.1, -0.05) is 0 Å². The van der Waals surface area contributed by atoms with Gasteiger partial charge in [0.1, 0.15) is 11.3 Å². The first-order valence-electron chi connectivity index (χ1n) is 6.46. The molecule has 0 aliphatic heterocycles. The molecule has 0 radical (unpaired) electrons. The van der Waals surface area contributed by atoms with Crippen LogP contribution in [0.1, 0.15) is 15.9 Å². The number of carboxylic acid groups (broad SMARTS) is 1. The van der Waals surface area contributed by atoms with Crippen molar-refractivity contribution in [1.29, 1.82) is 0 Å². The molecular formula is C16H14N2O3. The minimum Gasteiger partial charge on any atom is -0.496 e. The number of fused-ring (bicyclic) bond motifs is 1. The fraction of sp³-hybridized carbons (Fsp3) is 0.125. The molecule has 0 aliphatic rings. The van der Waals surface area contributed by atoms with Gasteiger partial charge in [-0.2, -0.15) is 0 Å². The molecule has 0 bridgehead atoms. The predicted molar refractivity (Wildman–Crippen MR) is 78.9 cm³/mol. The molecule has 5 heteroatoms. The van der Waals surface area contributed by atoms with Crippen LogP contribution < -0.4 is 4.74 Å². The highest BCUT2D eigenvalue weighted by molar-refractivity contribution is 5.94. The van der Waals surface area contributed by atoms with E-state index in [0.717, 1.165) is 22.6 Å². The summed E-state index contributed by atoms with van der Waals surface area (Å²) in [7, 11) is 1.63. The van der Waals surface area contributed by atoms with E-state index in [1.54, 1.807) is 29.8 Å². The zero-order chi connectivity index (χ0) is 15.0. The lowest BCUT2D eigenvalue weighted by molar-refractivity contribution is 0.0698. The topological polar surface area (TPSA) is 63.8 Å². The fourth-order valence-corrected chi connectivity index (χ4v) is 2.36. The summed E-state index contributed by atoms with van der Waals surface area (Å²) in [5, 5.41) is 9.21. The summed E-state index contributed by atoms with van der Waals surface area (Å²) >= 11 is 0. The molecular weight excluding hydrogens is 268 g/mol. The number of hydrogen-bond acceptors (Lipinski definition) is 3. The van der Waals surface area contributed by atoms with Crippen LogP contribution >= 0.6 is 0 Å². The van der Waals surface area contributed by atoms with E-state index >= 15 is 0 Å². The summed E-state index contributed by atoms with van der Waals surface area (Å²) in [6, 6.07) is 9.01. The normalized spacial score (nSPS) is 10.8. The standard InChI is InChI=1S/C16H14N2O3/c1-10-8-11(5-6-14(10)21-2)13-9-18-7-3-4-12(16(19)20)15(18)17-13/h3-9H,1-2H3,(H,19,20). The lowest BCUT2D eigenvalue weighted by Crippen LogP contribution is -1.99. The molecule has 0 fully saturated rings. The maximum Gasteiger partial charge on any atom is 0.339 e. The van der Waals surface area contributed by atoms with Crippen molar-refractivity contribution in [2.75, 3.05) is 7.11 Å². The molecule has 0 saturated heterocycles. The van der Waals surface area contributed by atoms with Crippen molar-refractivity contribution >= 4 is 11.6 Å². The number of hydrogen-bond donors (Lipinski definition) is 1. The summed E-state index contributed by atoms with van der Waals surface area (Å²) in [6.07, 6.45) is 3.61. The monoisotopic (exact) mass is 282 g/mol. The molecule has 3 rings (SSSR count). The highest BCUT2D eigenvalue weighted by Crippen LogP contribution is 2.26. The Balaban J connectivity index is 2.15. The number of rotatable bonds is 3. The molecule has 0 saturated carbocycles. The number of benzene rings is 1. The third-order valence-corrected chi connectivity index (χ3v) is 3.40. The van der Waals surface area contributed by atoms with Crippen LogP contribution in [0.5, 0.6) is 5.75 Å². The van der Waals surface area contributed by atoms with Gasteiger partial charge in [0.25, 0.3) is 0 Å². The summed E-state index contributed by atoms with van der Waals surface area (Å²) < 4.78 is 6.96. The molecule has 1 N–H and O–H groups in total. The number of pyridine rings is 1. The molecule has 1 aromatic carbocycles. The van der Waals surface area contributed by atoms with Gasteiger partial charge in [0.2, 0.25) is 0 Å². The van der Waals surface area contributed by atoms with Crippen LogP contribution in [0.25, 0.3) is 16.9 Å². The van der Waals surface area contributed by atoms with E-state index in [1.165, 1.54) is 0 Å². The third-order valence-electron chi connectivity index (χ3n) is 3.40. The average Bonchev–Trinajstić information content (AvgIpc) is 2.90. The number of aromatic nitrogens is 2. The maximum atomic E-state index is 11.2. The number of imidazole rings is 1. The Bertz CT molecular complexity index is 837. The molecule has 3 aromatic rings. The second-order valence-electron chi connectivity index (χ2n) is 4.77. The van der Waals surface area contributed by atoms with Crippen LogP contribution in [0.4, 0.5) is 0 Å². The van der Waals surface area contributed by atoms with E-state index in [2.05, 4.69) is 4.98 Å². The van der Waals surface area contributed by atoms with Crippen LogP contribution in [-0.2, 0) is 0 Å². The fourth-order valence-electron chi connectivity index (χ4n) is 2.36. The van der Waals surface area contributed by atoms with Crippen molar-refractivity contribution in [2.45, 2.75) is 6.92 Å². The van der Waals surface area contributed by atoms with Crippen molar-refractivity contribution in [3.8, 4) is 17.0 Å². The van der Waals surface area contributed by atoms with Gasteiger partial charge in [0.15, 0.2) is 5.65 Å². The van der Waals surface area contributed by atoms with Crippen molar-refractivity contribution in [3.63, 3.8) is 0 Å². The second kappa shape index (κ2) is 4.94. The third kappa shape index (κ3) is 2.23. The van der Waals surface area contributed by atoms with Gasteiger partial charge in [-0.25, -0.2) is 9.78 Å². The molecule has 0 atom stereocenters. The number of carbonyl (C=O) groups is 1. The van der Waals surface area contributed by atoms with Gasteiger partial charge >= 0.3 is 5.97 Å². The lowest BCUT2D eigenvalue weighted by Gasteiger charge is -2.05. The van der Waals surface area contributed by atoms with Gasteiger partial charge < -0.3 is 14.2 Å². The number of methoxy groups -OCH3 is 1.